The number of aromatic hydroxyl groups is 1. The van der Waals surface area contributed by atoms with E-state index < -0.39 is 0 Å². The number of hydrogen-bond acceptors (Lipinski definition) is 4. The van der Waals surface area contributed by atoms with Crippen molar-refractivity contribution in [2.75, 3.05) is 11.9 Å². The average molecular weight is 408 g/mol. The Balaban J connectivity index is 2.02. The molecule has 0 radical (unpaired) electrons. The van der Waals surface area contributed by atoms with Gasteiger partial charge in [0, 0.05) is 17.8 Å². The molecule has 0 unspecified atom stereocenters. The summed E-state index contributed by atoms with van der Waals surface area (Å²) in [6.07, 6.45) is 2.06. The molecular formula is C16H13IN2OS. The van der Waals surface area contributed by atoms with Crippen LogP contribution in [0, 0.1) is 0 Å². The number of rotatable bonds is 4. The zero-order valence-electron chi connectivity index (χ0n) is 11.1. The summed E-state index contributed by atoms with van der Waals surface area (Å²) in [6.45, 7) is 0.790. The number of anilines is 1. The van der Waals surface area contributed by atoms with Gasteiger partial charge in [-0.25, -0.2) is 4.98 Å². The molecule has 0 spiro atoms. The third kappa shape index (κ3) is 3.19. The molecule has 5 heteroatoms. The minimum atomic E-state index is 0.271. The van der Waals surface area contributed by atoms with Gasteiger partial charge in [0.1, 0.15) is 5.75 Å². The quantitative estimate of drug-likeness (QED) is 0.596. The van der Waals surface area contributed by atoms with Crippen LogP contribution in [0.5, 0.6) is 5.75 Å². The monoisotopic (exact) mass is 408 g/mol. The van der Waals surface area contributed by atoms with Crippen LogP contribution in [0.3, 0.4) is 0 Å². The van der Waals surface area contributed by atoms with Crippen molar-refractivity contribution in [3.63, 3.8) is 0 Å². The van der Waals surface area contributed by atoms with E-state index in [0.717, 1.165) is 33.6 Å². The van der Waals surface area contributed by atoms with Crippen LogP contribution in [0.25, 0.3) is 21.3 Å². The summed E-state index contributed by atoms with van der Waals surface area (Å²) in [5.74, 6) is 0.271. The smallest absolute Gasteiger partial charge is 0.117 e. The van der Waals surface area contributed by atoms with E-state index in [1.165, 1.54) is 11.3 Å². The van der Waals surface area contributed by atoms with Crippen molar-refractivity contribution in [2.45, 2.75) is 0 Å². The van der Waals surface area contributed by atoms with Crippen LogP contribution in [0.2, 0.25) is 0 Å². The first-order valence-electron chi connectivity index (χ1n) is 6.43. The Bertz CT molecular complexity index is 798. The van der Waals surface area contributed by atoms with E-state index in [-0.39, 0.29) is 5.75 Å². The Labute approximate surface area is 140 Å². The molecule has 0 saturated heterocycles. The van der Waals surface area contributed by atoms with Crippen LogP contribution >= 0.6 is 33.9 Å². The number of phenols is 1. The maximum Gasteiger partial charge on any atom is 0.117 e. The Kier molecular flexibility index (Phi) is 4.40. The highest BCUT2D eigenvalue weighted by molar-refractivity contribution is 14.1. The molecule has 0 aliphatic heterocycles. The van der Waals surface area contributed by atoms with Crippen molar-refractivity contribution in [3.8, 4) is 16.9 Å². The van der Waals surface area contributed by atoms with Crippen molar-refractivity contribution in [3.05, 3.63) is 52.1 Å². The maximum absolute atomic E-state index is 9.89. The number of hydrogen-bond donors (Lipinski definition) is 2. The molecule has 0 atom stereocenters. The minimum absolute atomic E-state index is 0.271. The molecule has 3 nitrogen and oxygen atoms in total. The molecule has 21 heavy (non-hydrogen) atoms. The molecule has 2 N–H and O–H groups in total. The summed E-state index contributed by atoms with van der Waals surface area (Å²) in [5.41, 5.74) is 5.79. The lowest BCUT2D eigenvalue weighted by Crippen LogP contribution is -1.97. The molecular weight excluding hydrogens is 395 g/mol. The fourth-order valence-electron chi connectivity index (χ4n) is 2.19. The van der Waals surface area contributed by atoms with Crippen LogP contribution in [0.1, 0.15) is 0 Å². The fraction of sp³-hybridized carbons (Fsp3) is 0.0625. The van der Waals surface area contributed by atoms with E-state index in [2.05, 4.69) is 45.0 Å². The lowest BCUT2D eigenvalue weighted by Gasteiger charge is -2.08. The zero-order chi connectivity index (χ0) is 14.7. The molecule has 2 aromatic carbocycles. The van der Waals surface area contributed by atoms with Gasteiger partial charge in [-0.3, -0.25) is 0 Å². The summed E-state index contributed by atoms with van der Waals surface area (Å²) in [4.78, 5) is 4.42. The molecule has 0 bridgehead atoms. The second kappa shape index (κ2) is 6.44. The molecule has 0 aliphatic carbocycles. The first-order chi connectivity index (χ1) is 10.3. The van der Waals surface area contributed by atoms with Crippen molar-refractivity contribution >= 4 is 49.8 Å². The number of phenolic OH excluding ortho intramolecular Hbond substituents is 1. The van der Waals surface area contributed by atoms with E-state index in [1.54, 1.807) is 17.6 Å². The van der Waals surface area contributed by atoms with Crippen molar-refractivity contribution in [1.29, 1.82) is 0 Å². The Morgan fingerprint density at radius 3 is 3.05 bits per heavy atom. The van der Waals surface area contributed by atoms with Gasteiger partial charge in [0.25, 0.3) is 0 Å². The summed E-state index contributed by atoms with van der Waals surface area (Å²) < 4.78 is 2.99. The lowest BCUT2D eigenvalue weighted by molar-refractivity contribution is 0.476. The van der Waals surface area contributed by atoms with Crippen LogP contribution in [-0.2, 0) is 0 Å². The highest BCUT2D eigenvalue weighted by atomic mass is 127. The number of aromatic nitrogens is 1. The van der Waals surface area contributed by atoms with Gasteiger partial charge < -0.3 is 10.4 Å². The number of nitrogens with one attached hydrogen (secondary N) is 1. The molecule has 0 fully saturated rings. The predicted octanol–water partition coefficient (Wildman–Crippen LogP) is 5.03. The van der Waals surface area contributed by atoms with Crippen molar-refractivity contribution < 1.29 is 5.11 Å². The van der Waals surface area contributed by atoms with E-state index in [0.29, 0.717) is 0 Å². The average Bonchev–Trinajstić information content (AvgIpc) is 2.95. The van der Waals surface area contributed by atoms with Gasteiger partial charge in [-0.2, -0.15) is 0 Å². The number of thiazole rings is 1. The molecule has 3 rings (SSSR count). The van der Waals surface area contributed by atoms with E-state index in [1.807, 2.05) is 22.3 Å². The van der Waals surface area contributed by atoms with Gasteiger partial charge in [-0.15, -0.1) is 11.3 Å². The first-order valence-corrected chi connectivity index (χ1v) is 8.56. The van der Waals surface area contributed by atoms with E-state index in [9.17, 15) is 5.11 Å². The molecule has 1 aromatic heterocycles. The second-order valence-corrected chi connectivity index (χ2v) is 6.12. The molecule has 0 aliphatic rings. The summed E-state index contributed by atoms with van der Waals surface area (Å²) in [5, 5.41) is 13.2. The third-order valence-electron chi connectivity index (χ3n) is 3.11. The van der Waals surface area contributed by atoms with Gasteiger partial charge in [-0.05, 0) is 33.9 Å². The maximum atomic E-state index is 9.89. The normalized spacial score (nSPS) is 11.3. The molecule has 0 amide bonds. The van der Waals surface area contributed by atoms with Crippen LogP contribution in [-0.4, -0.2) is 16.6 Å². The summed E-state index contributed by atoms with van der Waals surface area (Å²) >= 11 is 3.74. The second-order valence-electron chi connectivity index (χ2n) is 4.52. The number of fused-ring (bicyclic) bond motifs is 1. The van der Waals surface area contributed by atoms with Gasteiger partial charge in [-0.1, -0.05) is 40.8 Å². The molecule has 1 heterocycles. The van der Waals surface area contributed by atoms with Crippen LogP contribution in [0.4, 0.5) is 5.69 Å². The predicted molar refractivity (Wildman–Crippen MR) is 98.4 cm³/mol. The molecule has 3 aromatic rings. The number of nitrogens with zero attached hydrogens (tertiary/aromatic N) is 1. The third-order valence-corrected chi connectivity index (χ3v) is 4.39. The van der Waals surface area contributed by atoms with Gasteiger partial charge in [0.05, 0.1) is 15.7 Å². The largest absolute Gasteiger partial charge is 0.508 e. The highest BCUT2D eigenvalue weighted by Gasteiger charge is 2.09. The first kappa shape index (κ1) is 14.3. The molecule has 0 saturated carbocycles. The van der Waals surface area contributed by atoms with Crippen molar-refractivity contribution in [1.82, 2.24) is 4.98 Å². The Morgan fingerprint density at radius 1 is 1.29 bits per heavy atom. The van der Waals surface area contributed by atoms with Crippen LogP contribution < -0.4 is 5.32 Å². The summed E-state index contributed by atoms with van der Waals surface area (Å²) in [6, 6.07) is 11.7. The van der Waals surface area contributed by atoms with Gasteiger partial charge >= 0.3 is 0 Å². The lowest BCUT2D eigenvalue weighted by atomic mass is 10.0. The SMILES string of the molecule is Oc1cc(-c2cccc(NC/C=C/I)c2)c2ncsc2c1. The highest BCUT2D eigenvalue weighted by Crippen LogP contribution is 2.34. The number of benzene rings is 2. The van der Waals surface area contributed by atoms with E-state index in [4.69, 9.17) is 0 Å². The topological polar surface area (TPSA) is 45.1 Å². The zero-order valence-corrected chi connectivity index (χ0v) is 14.1. The van der Waals surface area contributed by atoms with Crippen molar-refractivity contribution in [2.24, 2.45) is 0 Å². The van der Waals surface area contributed by atoms with Gasteiger partial charge in [0.2, 0.25) is 0 Å². The number of halogens is 1. The standard InChI is InChI=1S/C16H13IN2OS/c17-5-2-6-18-12-4-1-3-11(7-12)14-8-13(20)9-15-16(14)19-10-21-15/h1-5,7-10,18,20H,6H2/b5-2+. The van der Waals surface area contributed by atoms with Gasteiger partial charge in [0.15, 0.2) is 0 Å². The fourth-order valence-corrected chi connectivity index (χ4v) is 3.18. The Morgan fingerprint density at radius 2 is 2.19 bits per heavy atom. The Hall–Kier alpha value is -1.60. The summed E-state index contributed by atoms with van der Waals surface area (Å²) in [7, 11) is 0. The van der Waals surface area contributed by atoms with Crippen LogP contribution in [0.15, 0.2) is 52.1 Å². The van der Waals surface area contributed by atoms with E-state index >= 15 is 0 Å². The molecule has 106 valence electrons. The minimum Gasteiger partial charge on any atom is -0.508 e.